The number of ether oxygens (including phenoxy) is 1. The molecular formula is C20H16ClF3N2O3. The van der Waals surface area contributed by atoms with Crippen LogP contribution in [0.1, 0.15) is 30.0 Å². The monoisotopic (exact) mass is 424 g/mol. The third kappa shape index (κ3) is 3.76. The van der Waals surface area contributed by atoms with Gasteiger partial charge in [0, 0.05) is 16.1 Å². The van der Waals surface area contributed by atoms with E-state index in [0.29, 0.717) is 27.6 Å². The molecule has 2 heterocycles. The number of para-hydroxylation sites is 1. The van der Waals surface area contributed by atoms with Crippen LogP contribution in [0.4, 0.5) is 13.2 Å². The second-order valence-electron chi connectivity index (χ2n) is 7.00. The first-order chi connectivity index (χ1) is 13.7. The fraction of sp³-hybridized carbons (Fsp3) is 0.300. The van der Waals surface area contributed by atoms with Crippen molar-refractivity contribution < 1.29 is 27.5 Å². The molecular weight excluding hydrogens is 409 g/mol. The Labute approximate surface area is 169 Å². The lowest BCUT2D eigenvalue weighted by molar-refractivity contribution is -0.171. The highest BCUT2D eigenvalue weighted by atomic mass is 35.5. The molecule has 0 radical (unpaired) electrons. The Morgan fingerprint density at radius 2 is 1.83 bits per heavy atom. The highest BCUT2D eigenvalue weighted by molar-refractivity contribution is 6.30. The number of piperidine rings is 1. The molecule has 9 heteroatoms. The summed E-state index contributed by atoms with van der Waals surface area (Å²) < 4.78 is 44.4. The van der Waals surface area contributed by atoms with Crippen LogP contribution in [0, 0.1) is 5.92 Å². The zero-order chi connectivity index (χ0) is 20.8. The van der Waals surface area contributed by atoms with Crippen molar-refractivity contribution in [3.8, 4) is 11.5 Å². The molecule has 2 aliphatic rings. The number of alkyl halides is 3. The lowest BCUT2D eigenvalue weighted by Gasteiger charge is -2.32. The Bertz CT molecular complexity index is 980. The molecule has 2 aliphatic heterocycles. The third-order valence-corrected chi connectivity index (χ3v) is 5.34. The maximum atomic E-state index is 12.8. The SMILES string of the molecule is O=C(NC1c2ccccc2Oc2ccc(Cl)cc21)C1CCC(C(F)(F)F)NC1=O. The van der Waals surface area contributed by atoms with Crippen molar-refractivity contribution in [3.05, 3.63) is 58.6 Å². The van der Waals surface area contributed by atoms with Crippen molar-refractivity contribution in [1.29, 1.82) is 0 Å². The Hall–Kier alpha value is -2.74. The lowest BCUT2D eigenvalue weighted by Crippen LogP contribution is -2.54. The molecule has 2 aromatic rings. The van der Waals surface area contributed by atoms with E-state index in [2.05, 4.69) is 5.32 Å². The van der Waals surface area contributed by atoms with E-state index in [1.807, 2.05) is 5.32 Å². The maximum absolute atomic E-state index is 12.8. The lowest BCUT2D eigenvalue weighted by atomic mass is 9.90. The van der Waals surface area contributed by atoms with Gasteiger partial charge in [-0.3, -0.25) is 9.59 Å². The Kier molecular flexibility index (Phi) is 4.90. The van der Waals surface area contributed by atoms with Gasteiger partial charge in [-0.25, -0.2) is 0 Å². The van der Waals surface area contributed by atoms with Gasteiger partial charge in [-0.15, -0.1) is 0 Å². The van der Waals surface area contributed by atoms with Gasteiger partial charge >= 0.3 is 6.18 Å². The largest absolute Gasteiger partial charge is 0.457 e. The molecule has 1 fully saturated rings. The predicted octanol–water partition coefficient (Wildman–Crippen LogP) is 4.11. The van der Waals surface area contributed by atoms with Crippen LogP contribution in [0.3, 0.4) is 0 Å². The first-order valence-corrected chi connectivity index (χ1v) is 9.35. The molecule has 0 saturated carbocycles. The number of carbonyl (C=O) groups excluding carboxylic acids is 2. The van der Waals surface area contributed by atoms with Crippen LogP contribution < -0.4 is 15.4 Å². The van der Waals surface area contributed by atoms with E-state index in [9.17, 15) is 22.8 Å². The van der Waals surface area contributed by atoms with Crippen LogP contribution in [0.15, 0.2) is 42.5 Å². The predicted molar refractivity (Wildman–Crippen MR) is 98.7 cm³/mol. The number of halogens is 4. The zero-order valence-electron chi connectivity index (χ0n) is 14.9. The summed E-state index contributed by atoms with van der Waals surface area (Å²) in [7, 11) is 0. The molecule has 152 valence electrons. The minimum atomic E-state index is -4.54. The molecule has 0 bridgehead atoms. The smallest absolute Gasteiger partial charge is 0.408 e. The highest BCUT2D eigenvalue weighted by Gasteiger charge is 2.46. The molecule has 3 unspecified atom stereocenters. The maximum Gasteiger partial charge on any atom is 0.408 e. The number of carbonyl (C=O) groups is 2. The van der Waals surface area contributed by atoms with Crippen molar-refractivity contribution in [2.45, 2.75) is 31.1 Å². The van der Waals surface area contributed by atoms with Gasteiger partial charge in [0.25, 0.3) is 0 Å². The van der Waals surface area contributed by atoms with E-state index in [4.69, 9.17) is 16.3 Å². The number of fused-ring (bicyclic) bond motifs is 2. The Morgan fingerprint density at radius 1 is 1.10 bits per heavy atom. The van der Waals surface area contributed by atoms with Gasteiger partial charge in [-0.05, 0) is 37.1 Å². The van der Waals surface area contributed by atoms with Gasteiger partial charge in [0.1, 0.15) is 23.5 Å². The number of hydrogen-bond donors (Lipinski definition) is 2. The van der Waals surface area contributed by atoms with E-state index in [-0.39, 0.29) is 12.8 Å². The summed E-state index contributed by atoms with van der Waals surface area (Å²) in [6, 6.07) is 9.48. The molecule has 0 aromatic heterocycles. The van der Waals surface area contributed by atoms with Crippen molar-refractivity contribution in [2.24, 2.45) is 5.92 Å². The molecule has 0 aliphatic carbocycles. The first kappa shape index (κ1) is 19.6. The molecule has 0 spiro atoms. The highest BCUT2D eigenvalue weighted by Crippen LogP contribution is 2.43. The molecule has 2 amide bonds. The van der Waals surface area contributed by atoms with Crippen molar-refractivity contribution in [2.75, 3.05) is 0 Å². The summed E-state index contributed by atoms with van der Waals surface area (Å²) in [5, 5.41) is 5.13. The van der Waals surface area contributed by atoms with Crippen LogP contribution in [0.25, 0.3) is 0 Å². The summed E-state index contributed by atoms with van der Waals surface area (Å²) in [6.07, 6.45) is -5.07. The fourth-order valence-corrected chi connectivity index (χ4v) is 3.82. The van der Waals surface area contributed by atoms with Gasteiger partial charge in [-0.2, -0.15) is 13.2 Å². The average Bonchev–Trinajstić information content (AvgIpc) is 2.67. The quantitative estimate of drug-likeness (QED) is 0.713. The second kappa shape index (κ2) is 7.26. The van der Waals surface area contributed by atoms with E-state index < -0.39 is 36.0 Å². The Balaban J connectivity index is 1.59. The first-order valence-electron chi connectivity index (χ1n) is 8.98. The number of nitrogens with one attached hydrogen (secondary N) is 2. The molecule has 29 heavy (non-hydrogen) atoms. The topological polar surface area (TPSA) is 67.4 Å². The molecule has 1 saturated heterocycles. The summed E-state index contributed by atoms with van der Waals surface area (Å²) in [5.74, 6) is -1.73. The van der Waals surface area contributed by atoms with Gasteiger partial charge < -0.3 is 15.4 Å². The minimum Gasteiger partial charge on any atom is -0.457 e. The van der Waals surface area contributed by atoms with Crippen molar-refractivity contribution >= 4 is 23.4 Å². The number of amides is 2. The van der Waals surface area contributed by atoms with E-state index in [1.54, 1.807) is 42.5 Å². The van der Waals surface area contributed by atoms with E-state index in [1.165, 1.54) is 0 Å². The normalized spacial score (nSPS) is 23.3. The standard InChI is InChI=1S/C20H16ClF3N2O3/c21-10-5-7-15-13(9-10)17(11-3-1-2-4-14(11)29-15)26-19(28)12-6-8-16(20(22,23)24)25-18(12)27/h1-5,7,9,12,16-17H,6,8H2,(H,25,27)(H,26,28). The number of hydrogen-bond acceptors (Lipinski definition) is 3. The molecule has 2 N–H and O–H groups in total. The summed E-state index contributed by atoms with van der Waals surface area (Å²) in [5.41, 5.74) is 1.27. The molecule has 3 atom stereocenters. The van der Waals surface area contributed by atoms with Gasteiger partial charge in [-0.1, -0.05) is 29.8 Å². The van der Waals surface area contributed by atoms with E-state index in [0.717, 1.165) is 0 Å². The van der Waals surface area contributed by atoms with Gasteiger partial charge in [0.2, 0.25) is 11.8 Å². The number of rotatable bonds is 2. The molecule has 5 nitrogen and oxygen atoms in total. The Morgan fingerprint density at radius 3 is 2.55 bits per heavy atom. The molecule has 2 aromatic carbocycles. The number of benzene rings is 2. The minimum absolute atomic E-state index is 0.185. The third-order valence-electron chi connectivity index (χ3n) is 5.11. The van der Waals surface area contributed by atoms with Crippen LogP contribution in [-0.2, 0) is 9.59 Å². The molecule has 4 rings (SSSR count). The average molecular weight is 425 g/mol. The summed E-state index contributed by atoms with van der Waals surface area (Å²) in [6.45, 7) is 0. The van der Waals surface area contributed by atoms with Gasteiger partial charge in [0.15, 0.2) is 0 Å². The van der Waals surface area contributed by atoms with Crippen molar-refractivity contribution in [1.82, 2.24) is 10.6 Å². The second-order valence-corrected chi connectivity index (χ2v) is 7.43. The summed E-state index contributed by atoms with van der Waals surface area (Å²) >= 11 is 6.10. The fourth-order valence-electron chi connectivity index (χ4n) is 3.64. The van der Waals surface area contributed by atoms with Crippen LogP contribution >= 0.6 is 11.6 Å². The van der Waals surface area contributed by atoms with Crippen molar-refractivity contribution in [3.63, 3.8) is 0 Å². The van der Waals surface area contributed by atoms with E-state index >= 15 is 0 Å². The zero-order valence-corrected chi connectivity index (χ0v) is 15.7. The van der Waals surface area contributed by atoms with Crippen LogP contribution in [-0.4, -0.2) is 24.0 Å². The van der Waals surface area contributed by atoms with Gasteiger partial charge in [0.05, 0.1) is 6.04 Å². The summed E-state index contributed by atoms with van der Waals surface area (Å²) in [4.78, 5) is 25.0. The van der Waals surface area contributed by atoms with Crippen LogP contribution in [0.2, 0.25) is 5.02 Å². The van der Waals surface area contributed by atoms with Crippen LogP contribution in [0.5, 0.6) is 11.5 Å².